The molecule has 1 saturated heterocycles. The SMILES string of the molecule is CN1CCC(S(=O)(=O)c2cc([N+](=O)[O-])ccc2N(CCBr)CCCS(=O)(=O)O)CC1. The Morgan fingerprint density at radius 2 is 1.87 bits per heavy atom. The van der Waals surface area contributed by atoms with Crippen molar-refractivity contribution in [3.63, 3.8) is 0 Å². The van der Waals surface area contributed by atoms with Crippen LogP contribution in [0.2, 0.25) is 0 Å². The molecule has 2 rings (SSSR count). The van der Waals surface area contributed by atoms with Crippen LogP contribution in [0.25, 0.3) is 0 Å². The molecule has 10 nitrogen and oxygen atoms in total. The fraction of sp³-hybridized carbons (Fsp3) is 0.647. The Hall–Kier alpha value is -1.28. The molecule has 1 aliphatic rings. The molecule has 0 aromatic heterocycles. The molecule has 0 amide bonds. The monoisotopic (exact) mass is 527 g/mol. The second-order valence-corrected chi connectivity index (χ2v) is 11.8. The van der Waals surface area contributed by atoms with Crippen molar-refractivity contribution < 1.29 is 26.3 Å². The lowest BCUT2D eigenvalue weighted by Gasteiger charge is -2.31. The summed E-state index contributed by atoms with van der Waals surface area (Å²) in [4.78, 5) is 14.2. The number of rotatable bonds is 10. The lowest BCUT2D eigenvalue weighted by molar-refractivity contribution is -0.385. The van der Waals surface area contributed by atoms with Crippen molar-refractivity contribution in [3.8, 4) is 0 Å². The van der Waals surface area contributed by atoms with Crippen LogP contribution in [0, 0.1) is 10.1 Å². The Balaban J connectivity index is 2.45. The second kappa shape index (κ2) is 10.4. The van der Waals surface area contributed by atoms with Crippen LogP contribution < -0.4 is 4.90 Å². The zero-order valence-corrected chi connectivity index (χ0v) is 19.8. The van der Waals surface area contributed by atoms with E-state index in [9.17, 15) is 26.9 Å². The van der Waals surface area contributed by atoms with Crippen molar-refractivity contribution in [1.29, 1.82) is 0 Å². The van der Waals surface area contributed by atoms with Crippen LogP contribution in [0.4, 0.5) is 11.4 Å². The van der Waals surface area contributed by atoms with Gasteiger partial charge < -0.3 is 9.80 Å². The molecule has 0 saturated carbocycles. The fourth-order valence-corrected chi connectivity index (χ4v) is 6.36. The summed E-state index contributed by atoms with van der Waals surface area (Å²) in [7, 11) is -6.08. The van der Waals surface area contributed by atoms with Crippen molar-refractivity contribution in [3.05, 3.63) is 28.3 Å². The van der Waals surface area contributed by atoms with Gasteiger partial charge in [0.15, 0.2) is 9.84 Å². The molecule has 1 aromatic rings. The molecule has 0 aliphatic carbocycles. The molecule has 0 bridgehead atoms. The molecule has 0 atom stereocenters. The standard InChI is InChI=1S/C17H26BrN3O7S2/c1-19-9-5-15(6-10-19)30(27,28)17-13-14(21(22)23)3-4-16(17)20(11-7-18)8-2-12-29(24,25)26/h3-4,13,15H,2,5-12H2,1H3,(H,24,25,26). The summed E-state index contributed by atoms with van der Waals surface area (Å²) in [6, 6.07) is 3.73. The van der Waals surface area contributed by atoms with E-state index in [2.05, 4.69) is 15.9 Å². The smallest absolute Gasteiger partial charge is 0.270 e. The van der Waals surface area contributed by atoms with Gasteiger partial charge in [-0.05, 0) is 45.5 Å². The van der Waals surface area contributed by atoms with Gasteiger partial charge in [0.2, 0.25) is 0 Å². The van der Waals surface area contributed by atoms with E-state index in [4.69, 9.17) is 4.55 Å². The molecular formula is C17H26BrN3O7S2. The van der Waals surface area contributed by atoms with Gasteiger partial charge in [-0.2, -0.15) is 8.42 Å². The Morgan fingerprint density at radius 1 is 1.23 bits per heavy atom. The maximum Gasteiger partial charge on any atom is 0.270 e. The minimum absolute atomic E-state index is 0.0799. The van der Waals surface area contributed by atoms with E-state index in [1.165, 1.54) is 12.1 Å². The number of likely N-dealkylation sites (tertiary alicyclic amines) is 1. The minimum Gasteiger partial charge on any atom is -0.370 e. The van der Waals surface area contributed by atoms with E-state index in [1.807, 2.05) is 11.9 Å². The Labute approximate surface area is 185 Å². The van der Waals surface area contributed by atoms with Gasteiger partial charge in [-0.3, -0.25) is 14.7 Å². The van der Waals surface area contributed by atoms with Gasteiger partial charge in [0.25, 0.3) is 15.8 Å². The summed E-state index contributed by atoms with van der Waals surface area (Å²) in [5.41, 5.74) is -0.0173. The molecule has 0 unspecified atom stereocenters. The van der Waals surface area contributed by atoms with Crippen LogP contribution >= 0.6 is 15.9 Å². The molecule has 170 valence electrons. The number of nitrogens with zero attached hydrogens (tertiary/aromatic N) is 3. The zero-order valence-electron chi connectivity index (χ0n) is 16.6. The summed E-state index contributed by atoms with van der Waals surface area (Å²) in [6.45, 7) is 1.76. The Morgan fingerprint density at radius 3 is 2.40 bits per heavy atom. The van der Waals surface area contributed by atoms with Crippen LogP contribution in [0.5, 0.6) is 0 Å². The third kappa shape index (κ3) is 6.61. The topological polar surface area (TPSA) is 138 Å². The summed E-state index contributed by atoms with van der Waals surface area (Å²) in [5.74, 6) is -0.462. The molecule has 13 heteroatoms. The summed E-state index contributed by atoms with van der Waals surface area (Å²) in [6.07, 6.45) is 0.945. The number of halogens is 1. The highest BCUT2D eigenvalue weighted by molar-refractivity contribution is 9.09. The van der Waals surface area contributed by atoms with E-state index in [1.54, 1.807) is 4.90 Å². The Bertz CT molecular complexity index is 962. The quantitative estimate of drug-likeness (QED) is 0.209. The van der Waals surface area contributed by atoms with Gasteiger partial charge in [-0.25, -0.2) is 8.42 Å². The van der Waals surface area contributed by atoms with Crippen molar-refractivity contribution in [2.75, 3.05) is 49.2 Å². The third-order valence-electron chi connectivity index (χ3n) is 5.09. The molecule has 30 heavy (non-hydrogen) atoms. The molecule has 1 aromatic carbocycles. The van der Waals surface area contributed by atoms with Crippen LogP contribution in [0.1, 0.15) is 19.3 Å². The number of hydrogen-bond donors (Lipinski definition) is 1. The normalized spacial score (nSPS) is 16.5. The number of anilines is 1. The van der Waals surface area contributed by atoms with Crippen molar-refractivity contribution in [1.82, 2.24) is 4.90 Å². The molecule has 1 heterocycles. The number of piperidine rings is 1. The molecule has 1 N–H and O–H groups in total. The van der Waals surface area contributed by atoms with E-state index >= 15 is 0 Å². The highest BCUT2D eigenvalue weighted by Gasteiger charge is 2.34. The van der Waals surface area contributed by atoms with E-state index < -0.39 is 35.9 Å². The minimum atomic E-state index is -4.15. The van der Waals surface area contributed by atoms with Crippen LogP contribution in [0.3, 0.4) is 0 Å². The second-order valence-electron chi connectivity index (χ2n) is 7.27. The number of nitro benzene ring substituents is 1. The highest BCUT2D eigenvalue weighted by atomic mass is 79.9. The molecular weight excluding hydrogens is 502 g/mol. The van der Waals surface area contributed by atoms with E-state index in [0.29, 0.717) is 43.5 Å². The van der Waals surface area contributed by atoms with Gasteiger partial charge in [0.1, 0.15) is 0 Å². The zero-order chi connectivity index (χ0) is 22.5. The van der Waals surface area contributed by atoms with Crippen LogP contribution in [0.15, 0.2) is 23.1 Å². The first kappa shape index (κ1) is 25.0. The predicted molar refractivity (Wildman–Crippen MR) is 118 cm³/mol. The lowest BCUT2D eigenvalue weighted by Crippen LogP contribution is -2.38. The number of alkyl halides is 1. The van der Waals surface area contributed by atoms with E-state index in [-0.39, 0.29) is 23.5 Å². The largest absolute Gasteiger partial charge is 0.370 e. The van der Waals surface area contributed by atoms with Gasteiger partial charge in [0.05, 0.1) is 26.5 Å². The fourth-order valence-electron chi connectivity index (χ4n) is 3.47. The van der Waals surface area contributed by atoms with E-state index in [0.717, 1.165) is 6.07 Å². The van der Waals surface area contributed by atoms with Gasteiger partial charge in [-0.1, -0.05) is 15.9 Å². The van der Waals surface area contributed by atoms with Crippen LogP contribution in [-0.2, 0) is 20.0 Å². The highest BCUT2D eigenvalue weighted by Crippen LogP contribution is 2.34. The number of non-ortho nitro benzene ring substituents is 1. The number of hydrogen-bond acceptors (Lipinski definition) is 8. The summed E-state index contributed by atoms with van der Waals surface area (Å²) >= 11 is 3.30. The lowest BCUT2D eigenvalue weighted by atomic mass is 10.1. The maximum absolute atomic E-state index is 13.4. The summed E-state index contributed by atoms with van der Waals surface area (Å²) in [5, 5.41) is 11.1. The Kier molecular flexibility index (Phi) is 8.62. The number of benzene rings is 1. The first-order chi connectivity index (χ1) is 14.0. The van der Waals surface area contributed by atoms with Gasteiger partial charge in [0, 0.05) is 30.6 Å². The average molecular weight is 528 g/mol. The molecule has 1 fully saturated rings. The molecule has 1 aliphatic heterocycles. The van der Waals surface area contributed by atoms with Gasteiger partial charge >= 0.3 is 0 Å². The van der Waals surface area contributed by atoms with Crippen molar-refractivity contribution >= 4 is 47.3 Å². The maximum atomic E-state index is 13.4. The van der Waals surface area contributed by atoms with Crippen molar-refractivity contribution in [2.45, 2.75) is 29.4 Å². The third-order valence-corrected chi connectivity index (χ3v) is 8.54. The number of sulfone groups is 1. The first-order valence-electron chi connectivity index (χ1n) is 9.42. The van der Waals surface area contributed by atoms with Crippen molar-refractivity contribution in [2.24, 2.45) is 0 Å². The molecule has 0 radical (unpaired) electrons. The first-order valence-corrected chi connectivity index (χ1v) is 13.7. The number of nitro groups is 1. The van der Waals surface area contributed by atoms with Crippen LogP contribution in [-0.4, -0.2) is 80.8 Å². The van der Waals surface area contributed by atoms with Gasteiger partial charge in [-0.15, -0.1) is 0 Å². The average Bonchev–Trinajstić information content (AvgIpc) is 2.66. The molecule has 0 spiro atoms. The predicted octanol–water partition coefficient (Wildman–Crippen LogP) is 1.94. The summed E-state index contributed by atoms with van der Waals surface area (Å²) < 4.78 is 57.9.